The monoisotopic (exact) mass is 423 g/mol. The summed E-state index contributed by atoms with van der Waals surface area (Å²) < 4.78 is 6.38. The molecule has 0 amide bonds. The van der Waals surface area contributed by atoms with Crippen molar-refractivity contribution in [2.75, 3.05) is 12.4 Å². The van der Waals surface area contributed by atoms with Gasteiger partial charge in [-0.3, -0.25) is 0 Å². The van der Waals surface area contributed by atoms with E-state index >= 15 is 0 Å². The highest BCUT2D eigenvalue weighted by atomic mass is 79.9. The van der Waals surface area contributed by atoms with Gasteiger partial charge in [0.2, 0.25) is 0 Å². The van der Waals surface area contributed by atoms with Crippen molar-refractivity contribution in [3.63, 3.8) is 0 Å². The summed E-state index contributed by atoms with van der Waals surface area (Å²) in [5.74, 6) is 0.878. The Morgan fingerprint density at radius 3 is 2.38 bits per heavy atom. The molecule has 0 spiro atoms. The lowest BCUT2D eigenvalue weighted by atomic mass is 10.1. The maximum absolute atomic E-state index is 5.30. The number of halogens is 1. The number of nitrogens with one attached hydrogen (secondary N) is 1. The third-order valence-corrected chi connectivity index (χ3v) is 6.13. The zero-order valence-corrected chi connectivity index (χ0v) is 16.7. The van der Waals surface area contributed by atoms with Crippen molar-refractivity contribution in [3.8, 4) is 5.75 Å². The van der Waals surface area contributed by atoms with E-state index in [1.807, 2.05) is 23.9 Å². The lowest BCUT2D eigenvalue weighted by Gasteiger charge is -2.13. The van der Waals surface area contributed by atoms with Crippen molar-refractivity contribution in [1.29, 1.82) is 0 Å². The molecule has 3 aromatic carbocycles. The fraction of sp³-hybridized carbons (Fsp3) is 0.0909. The maximum atomic E-state index is 5.30. The van der Waals surface area contributed by atoms with Gasteiger partial charge in [0.25, 0.3) is 0 Å². The number of anilines is 1. The first-order valence-electron chi connectivity index (χ1n) is 8.37. The van der Waals surface area contributed by atoms with Crippen molar-refractivity contribution in [3.05, 3.63) is 94.5 Å². The Morgan fingerprint density at radius 2 is 1.65 bits per heavy atom. The zero-order valence-electron chi connectivity index (χ0n) is 14.3. The molecule has 0 aromatic heterocycles. The molecule has 130 valence electrons. The van der Waals surface area contributed by atoms with Crippen LogP contribution in [-0.2, 0) is 0 Å². The third-order valence-electron chi connectivity index (χ3n) is 4.33. The molecule has 0 saturated carbocycles. The normalized spacial score (nSPS) is 16.1. The first-order valence-corrected chi connectivity index (χ1v) is 10.0. The molecular formula is C22H18BrNOS. The number of thioether (sulfide) groups is 1. The molecule has 0 fully saturated rings. The van der Waals surface area contributed by atoms with Gasteiger partial charge in [-0.25, -0.2) is 0 Å². The lowest BCUT2D eigenvalue weighted by Crippen LogP contribution is -1.99. The molecule has 26 heavy (non-hydrogen) atoms. The van der Waals surface area contributed by atoms with Gasteiger partial charge in [-0.1, -0.05) is 52.3 Å². The number of hydrogen-bond donors (Lipinski definition) is 1. The molecular weight excluding hydrogens is 406 g/mol. The zero-order chi connectivity index (χ0) is 17.9. The molecule has 0 bridgehead atoms. The number of rotatable bonds is 3. The van der Waals surface area contributed by atoms with Crippen LogP contribution in [0.4, 0.5) is 5.69 Å². The van der Waals surface area contributed by atoms with Crippen molar-refractivity contribution in [2.24, 2.45) is 0 Å². The molecule has 0 saturated heterocycles. The van der Waals surface area contributed by atoms with E-state index in [-0.39, 0.29) is 5.25 Å². The molecule has 1 aliphatic rings. The van der Waals surface area contributed by atoms with E-state index in [4.69, 9.17) is 4.74 Å². The van der Waals surface area contributed by atoms with Crippen LogP contribution in [0.1, 0.15) is 16.4 Å². The van der Waals surface area contributed by atoms with Crippen LogP contribution >= 0.6 is 27.7 Å². The Hall–Kier alpha value is -2.17. The minimum Gasteiger partial charge on any atom is -0.497 e. The van der Waals surface area contributed by atoms with Crippen LogP contribution in [0, 0.1) is 0 Å². The van der Waals surface area contributed by atoms with E-state index in [9.17, 15) is 0 Å². The Bertz CT molecular complexity index is 935. The van der Waals surface area contributed by atoms with Gasteiger partial charge >= 0.3 is 0 Å². The van der Waals surface area contributed by atoms with Crippen molar-refractivity contribution >= 4 is 39.1 Å². The standard InChI is InChI=1S/C22H18BrNOS/c1-25-18-12-8-16(9-13-18)22-14-20(15-6-10-17(23)11-7-15)24-19-4-2-3-5-21(19)26-22/h2-14,22,24H,1H3. The summed E-state index contributed by atoms with van der Waals surface area (Å²) in [5, 5.41) is 3.84. The molecule has 4 rings (SSSR count). The summed E-state index contributed by atoms with van der Waals surface area (Å²) in [6, 6.07) is 25.2. The maximum Gasteiger partial charge on any atom is 0.118 e. The number of methoxy groups -OCH3 is 1. The Kier molecular flexibility index (Phi) is 5.05. The second-order valence-electron chi connectivity index (χ2n) is 6.02. The SMILES string of the molecule is COc1ccc(C2C=C(c3ccc(Br)cc3)Nc3ccccc3S2)cc1. The number of benzene rings is 3. The highest BCUT2D eigenvalue weighted by Crippen LogP contribution is 2.44. The molecule has 1 unspecified atom stereocenters. The highest BCUT2D eigenvalue weighted by Gasteiger charge is 2.19. The number of para-hydroxylation sites is 1. The van der Waals surface area contributed by atoms with Crippen LogP contribution in [0.15, 0.2) is 88.2 Å². The largest absolute Gasteiger partial charge is 0.497 e. The quantitative estimate of drug-likeness (QED) is 0.502. The van der Waals surface area contributed by atoms with Crippen LogP contribution < -0.4 is 10.1 Å². The smallest absolute Gasteiger partial charge is 0.118 e. The van der Waals surface area contributed by atoms with Gasteiger partial charge in [0.15, 0.2) is 0 Å². The molecule has 0 aliphatic carbocycles. The first-order chi connectivity index (χ1) is 12.7. The molecule has 0 radical (unpaired) electrons. The summed E-state index contributed by atoms with van der Waals surface area (Å²) in [6.07, 6.45) is 2.30. The van der Waals surface area contributed by atoms with E-state index in [1.165, 1.54) is 16.0 Å². The minimum atomic E-state index is 0.218. The molecule has 1 heterocycles. The molecule has 1 N–H and O–H groups in total. The van der Waals surface area contributed by atoms with E-state index in [2.05, 4.69) is 88.0 Å². The fourth-order valence-electron chi connectivity index (χ4n) is 2.94. The van der Waals surface area contributed by atoms with Gasteiger partial charge < -0.3 is 10.1 Å². The summed E-state index contributed by atoms with van der Waals surface area (Å²) in [4.78, 5) is 1.25. The number of hydrogen-bond acceptors (Lipinski definition) is 3. The second kappa shape index (κ2) is 7.60. The van der Waals surface area contributed by atoms with E-state index < -0.39 is 0 Å². The highest BCUT2D eigenvalue weighted by molar-refractivity contribution is 9.10. The summed E-state index contributed by atoms with van der Waals surface area (Å²) in [7, 11) is 1.70. The van der Waals surface area contributed by atoms with E-state index in [1.54, 1.807) is 7.11 Å². The van der Waals surface area contributed by atoms with Crippen molar-refractivity contribution < 1.29 is 4.74 Å². The second-order valence-corrected chi connectivity index (χ2v) is 8.12. The predicted molar refractivity (Wildman–Crippen MR) is 114 cm³/mol. The molecule has 1 aliphatic heterocycles. The van der Waals surface area contributed by atoms with Gasteiger partial charge in [-0.15, -0.1) is 11.8 Å². The summed E-state index contributed by atoms with van der Waals surface area (Å²) >= 11 is 5.37. The van der Waals surface area contributed by atoms with Gasteiger partial charge in [0.1, 0.15) is 5.75 Å². The number of ether oxygens (including phenoxy) is 1. The van der Waals surface area contributed by atoms with Crippen LogP contribution in [0.2, 0.25) is 0 Å². The van der Waals surface area contributed by atoms with Crippen LogP contribution in [0.5, 0.6) is 5.75 Å². The Morgan fingerprint density at radius 1 is 0.923 bits per heavy atom. The van der Waals surface area contributed by atoms with Crippen molar-refractivity contribution in [1.82, 2.24) is 0 Å². The average molecular weight is 424 g/mol. The van der Waals surface area contributed by atoms with E-state index in [0.29, 0.717) is 0 Å². The minimum absolute atomic E-state index is 0.218. The summed E-state index contributed by atoms with van der Waals surface area (Å²) in [6.45, 7) is 0. The molecule has 3 aromatic rings. The van der Waals surface area contributed by atoms with Crippen molar-refractivity contribution in [2.45, 2.75) is 10.1 Å². The topological polar surface area (TPSA) is 21.3 Å². The molecule has 2 nitrogen and oxygen atoms in total. The van der Waals surface area contributed by atoms with Crippen LogP contribution in [0.3, 0.4) is 0 Å². The summed E-state index contributed by atoms with van der Waals surface area (Å²) in [5.41, 5.74) is 4.69. The Labute approximate surface area is 166 Å². The van der Waals surface area contributed by atoms with Crippen LogP contribution in [0.25, 0.3) is 5.70 Å². The van der Waals surface area contributed by atoms with Gasteiger partial charge in [0, 0.05) is 15.1 Å². The third kappa shape index (κ3) is 3.67. The van der Waals surface area contributed by atoms with Crippen LogP contribution in [-0.4, -0.2) is 7.11 Å². The fourth-order valence-corrected chi connectivity index (χ4v) is 4.38. The Balaban J connectivity index is 1.77. The lowest BCUT2D eigenvalue weighted by molar-refractivity contribution is 0.414. The first kappa shape index (κ1) is 17.3. The molecule has 1 atom stereocenters. The van der Waals surface area contributed by atoms with E-state index in [0.717, 1.165) is 21.6 Å². The number of fused-ring (bicyclic) bond motifs is 1. The van der Waals surface area contributed by atoms with Gasteiger partial charge in [-0.05, 0) is 53.6 Å². The van der Waals surface area contributed by atoms with Gasteiger partial charge in [0.05, 0.1) is 18.0 Å². The van der Waals surface area contributed by atoms with Gasteiger partial charge in [-0.2, -0.15) is 0 Å². The predicted octanol–water partition coefficient (Wildman–Crippen LogP) is 6.76. The molecule has 4 heteroatoms. The average Bonchev–Trinajstić information content (AvgIpc) is 2.88.